The Balaban J connectivity index is 2.83. The third-order valence-corrected chi connectivity index (χ3v) is 2.97. The van der Waals surface area contributed by atoms with Gasteiger partial charge in [-0.15, -0.1) is 11.6 Å². The summed E-state index contributed by atoms with van der Waals surface area (Å²) >= 11 is 7.35. The molecule has 0 aliphatic carbocycles. The zero-order valence-corrected chi connectivity index (χ0v) is 10.4. The van der Waals surface area contributed by atoms with Gasteiger partial charge in [-0.25, -0.2) is 9.37 Å². The number of pyridine rings is 1. The normalized spacial score (nSPS) is 10.4. The van der Waals surface area contributed by atoms with E-state index in [9.17, 15) is 4.39 Å². The molecule has 1 aromatic rings. The molecule has 1 heterocycles. The summed E-state index contributed by atoms with van der Waals surface area (Å²) in [5, 5.41) is 0. The Labute approximate surface area is 98.8 Å². The van der Waals surface area contributed by atoms with Crippen LogP contribution in [-0.2, 0) is 5.88 Å². The molecule has 0 bridgehead atoms. The van der Waals surface area contributed by atoms with Crippen molar-refractivity contribution in [2.24, 2.45) is 0 Å². The van der Waals surface area contributed by atoms with E-state index in [-0.39, 0.29) is 11.7 Å². The zero-order chi connectivity index (χ0) is 11.3. The fraction of sp³-hybridized carbons (Fsp3) is 0.500. The highest BCUT2D eigenvalue weighted by molar-refractivity contribution is 7.98. The predicted molar refractivity (Wildman–Crippen MR) is 65.4 cm³/mol. The average Bonchev–Trinajstić information content (AvgIpc) is 2.26. The first kappa shape index (κ1) is 12.6. The van der Waals surface area contributed by atoms with Gasteiger partial charge in [0.05, 0.1) is 5.88 Å². The predicted octanol–water partition coefficient (Wildman–Crippen LogP) is 2.76. The summed E-state index contributed by atoms with van der Waals surface area (Å²) in [5.41, 5.74) is 0.498. The summed E-state index contributed by atoms with van der Waals surface area (Å²) in [5.74, 6) is 1.19. The van der Waals surface area contributed by atoms with Gasteiger partial charge < -0.3 is 4.90 Å². The standard InChI is InChI=1S/C10H14ClFN2S/c1-14(5-6-15-2)10-9(12)8(7-11)3-4-13-10/h3-4H,5-7H2,1-2H3. The van der Waals surface area contributed by atoms with Crippen molar-refractivity contribution in [1.29, 1.82) is 0 Å². The van der Waals surface area contributed by atoms with Crippen molar-refractivity contribution >= 4 is 29.2 Å². The van der Waals surface area contributed by atoms with Gasteiger partial charge in [0.25, 0.3) is 0 Å². The monoisotopic (exact) mass is 248 g/mol. The van der Waals surface area contributed by atoms with E-state index < -0.39 is 0 Å². The second kappa shape index (κ2) is 6.18. The number of hydrogen-bond donors (Lipinski definition) is 0. The van der Waals surface area contributed by atoms with E-state index in [2.05, 4.69) is 4.98 Å². The van der Waals surface area contributed by atoms with Crippen molar-refractivity contribution in [3.63, 3.8) is 0 Å². The number of halogens is 2. The smallest absolute Gasteiger partial charge is 0.170 e. The third kappa shape index (κ3) is 3.24. The molecule has 0 amide bonds. The maximum Gasteiger partial charge on any atom is 0.170 e. The van der Waals surface area contributed by atoms with E-state index in [1.54, 1.807) is 24.0 Å². The van der Waals surface area contributed by atoms with Gasteiger partial charge in [-0.2, -0.15) is 11.8 Å². The van der Waals surface area contributed by atoms with Gasteiger partial charge in [-0.05, 0) is 12.3 Å². The molecule has 1 rings (SSSR count). The molecule has 0 N–H and O–H groups in total. The molecular weight excluding hydrogens is 235 g/mol. The lowest BCUT2D eigenvalue weighted by Gasteiger charge is -2.18. The Morgan fingerprint density at radius 2 is 2.33 bits per heavy atom. The molecule has 0 saturated heterocycles. The highest BCUT2D eigenvalue weighted by Gasteiger charge is 2.12. The van der Waals surface area contributed by atoms with Gasteiger partial charge in [0.2, 0.25) is 0 Å². The number of rotatable bonds is 5. The molecule has 0 aromatic carbocycles. The van der Waals surface area contributed by atoms with Crippen molar-refractivity contribution in [1.82, 2.24) is 4.98 Å². The average molecular weight is 249 g/mol. The lowest BCUT2D eigenvalue weighted by molar-refractivity contribution is 0.606. The minimum atomic E-state index is -0.309. The van der Waals surface area contributed by atoms with Crippen LogP contribution in [0.5, 0.6) is 0 Å². The fourth-order valence-electron chi connectivity index (χ4n) is 1.17. The minimum Gasteiger partial charge on any atom is -0.356 e. The first-order valence-electron chi connectivity index (χ1n) is 4.60. The van der Waals surface area contributed by atoms with Gasteiger partial charge in [0.1, 0.15) is 0 Å². The largest absolute Gasteiger partial charge is 0.356 e. The van der Waals surface area contributed by atoms with Crippen LogP contribution in [0.4, 0.5) is 10.2 Å². The fourth-order valence-corrected chi connectivity index (χ4v) is 1.84. The van der Waals surface area contributed by atoms with Gasteiger partial charge in [0, 0.05) is 31.1 Å². The molecule has 1 aromatic heterocycles. The molecule has 0 aliphatic heterocycles. The van der Waals surface area contributed by atoms with Gasteiger partial charge in [-0.1, -0.05) is 0 Å². The second-order valence-corrected chi connectivity index (χ2v) is 4.41. The summed E-state index contributed by atoms with van der Waals surface area (Å²) in [6.07, 6.45) is 3.61. The van der Waals surface area contributed by atoms with E-state index in [1.807, 2.05) is 18.2 Å². The van der Waals surface area contributed by atoms with Gasteiger partial charge in [-0.3, -0.25) is 0 Å². The van der Waals surface area contributed by atoms with Gasteiger partial charge in [0.15, 0.2) is 11.6 Å². The molecule has 84 valence electrons. The number of nitrogens with zero attached hydrogens (tertiary/aromatic N) is 2. The Morgan fingerprint density at radius 1 is 1.60 bits per heavy atom. The lowest BCUT2D eigenvalue weighted by atomic mass is 10.2. The Hall–Kier alpha value is -0.480. The molecule has 0 saturated carbocycles. The second-order valence-electron chi connectivity index (χ2n) is 3.16. The first-order chi connectivity index (χ1) is 7.20. The summed E-state index contributed by atoms with van der Waals surface area (Å²) in [6.45, 7) is 0.775. The van der Waals surface area contributed by atoms with E-state index >= 15 is 0 Å². The molecule has 0 spiro atoms. The van der Waals surface area contributed by atoms with Crippen molar-refractivity contribution in [3.05, 3.63) is 23.6 Å². The van der Waals surface area contributed by atoms with Crippen molar-refractivity contribution < 1.29 is 4.39 Å². The maximum atomic E-state index is 13.8. The molecule has 0 aliphatic rings. The Bertz CT molecular complexity index is 322. The zero-order valence-electron chi connectivity index (χ0n) is 8.83. The molecule has 0 fully saturated rings. The van der Waals surface area contributed by atoms with E-state index in [1.165, 1.54) is 0 Å². The van der Waals surface area contributed by atoms with Crippen LogP contribution in [0.15, 0.2) is 12.3 Å². The molecule has 0 unspecified atom stereocenters. The number of alkyl halides is 1. The highest BCUT2D eigenvalue weighted by atomic mass is 35.5. The molecule has 2 nitrogen and oxygen atoms in total. The van der Waals surface area contributed by atoms with Crippen molar-refractivity contribution in [2.75, 3.05) is 30.5 Å². The number of thioether (sulfide) groups is 1. The molecule has 0 radical (unpaired) electrons. The number of anilines is 1. The molecular formula is C10H14ClFN2S. The Morgan fingerprint density at radius 3 is 2.93 bits per heavy atom. The highest BCUT2D eigenvalue weighted by Crippen LogP contribution is 2.19. The first-order valence-corrected chi connectivity index (χ1v) is 6.53. The number of hydrogen-bond acceptors (Lipinski definition) is 3. The summed E-state index contributed by atoms with van der Waals surface area (Å²) in [6, 6.07) is 1.61. The van der Waals surface area contributed by atoms with Crippen LogP contribution in [0.1, 0.15) is 5.56 Å². The molecule has 5 heteroatoms. The van der Waals surface area contributed by atoms with Crippen LogP contribution in [0, 0.1) is 5.82 Å². The Kier molecular flexibility index (Phi) is 5.19. The van der Waals surface area contributed by atoms with E-state index in [4.69, 9.17) is 11.6 Å². The van der Waals surface area contributed by atoms with Crippen molar-refractivity contribution in [2.45, 2.75) is 5.88 Å². The summed E-state index contributed by atoms with van der Waals surface area (Å²) in [4.78, 5) is 5.83. The van der Waals surface area contributed by atoms with Crippen LogP contribution >= 0.6 is 23.4 Å². The van der Waals surface area contributed by atoms with Gasteiger partial charge >= 0.3 is 0 Å². The van der Waals surface area contributed by atoms with Crippen LogP contribution in [0.3, 0.4) is 0 Å². The topological polar surface area (TPSA) is 16.1 Å². The summed E-state index contributed by atoms with van der Waals surface area (Å²) in [7, 11) is 1.83. The van der Waals surface area contributed by atoms with Crippen LogP contribution < -0.4 is 4.90 Å². The maximum absolute atomic E-state index is 13.8. The van der Waals surface area contributed by atoms with E-state index in [0.29, 0.717) is 11.4 Å². The molecule has 15 heavy (non-hydrogen) atoms. The third-order valence-electron chi connectivity index (χ3n) is 2.09. The van der Waals surface area contributed by atoms with Crippen LogP contribution in [-0.4, -0.2) is 30.6 Å². The number of aromatic nitrogens is 1. The SMILES string of the molecule is CSCCN(C)c1nccc(CCl)c1F. The summed E-state index contributed by atoms with van der Waals surface area (Å²) < 4.78 is 13.8. The van der Waals surface area contributed by atoms with Crippen LogP contribution in [0.2, 0.25) is 0 Å². The molecule has 0 atom stereocenters. The minimum absolute atomic E-state index is 0.178. The van der Waals surface area contributed by atoms with Crippen molar-refractivity contribution in [3.8, 4) is 0 Å². The van der Waals surface area contributed by atoms with E-state index in [0.717, 1.165) is 12.3 Å². The lowest BCUT2D eigenvalue weighted by Crippen LogP contribution is -2.22. The quantitative estimate of drug-likeness (QED) is 0.746. The van der Waals surface area contributed by atoms with Crippen LogP contribution in [0.25, 0.3) is 0 Å².